The van der Waals surface area contributed by atoms with E-state index in [4.69, 9.17) is 0 Å². The van der Waals surface area contributed by atoms with Crippen molar-refractivity contribution in [3.8, 4) is 55.6 Å². The van der Waals surface area contributed by atoms with E-state index in [-0.39, 0.29) is 0 Å². The molecule has 0 aromatic heterocycles. The van der Waals surface area contributed by atoms with Crippen LogP contribution in [0.25, 0.3) is 66.4 Å². The van der Waals surface area contributed by atoms with E-state index in [2.05, 4.69) is 289 Å². The lowest BCUT2D eigenvalue weighted by molar-refractivity contribution is 1.28. The van der Waals surface area contributed by atoms with Crippen LogP contribution in [0.2, 0.25) is 0 Å². The molecular weight excluding hydrogens is 797 g/mol. The molecule has 0 saturated carbocycles. The van der Waals surface area contributed by atoms with Crippen LogP contribution in [0.3, 0.4) is 0 Å². The van der Waals surface area contributed by atoms with Crippen LogP contribution in [-0.4, -0.2) is 0 Å². The normalized spacial score (nSPS) is 11.0. The van der Waals surface area contributed by atoms with Gasteiger partial charge >= 0.3 is 0 Å². The van der Waals surface area contributed by atoms with Gasteiger partial charge in [0.05, 0.1) is 0 Å². The minimum atomic E-state index is 1.08. The minimum absolute atomic E-state index is 1.08. The Hall–Kier alpha value is -8.72. The molecule has 0 unspecified atom stereocenters. The van der Waals surface area contributed by atoms with Gasteiger partial charge in [-0.2, -0.15) is 0 Å². The molecule has 0 aliphatic rings. The van der Waals surface area contributed by atoms with E-state index < -0.39 is 0 Å². The van der Waals surface area contributed by atoms with Gasteiger partial charge in [0, 0.05) is 34.1 Å². The average molecular weight is 843 g/mol. The second-order valence-electron chi connectivity index (χ2n) is 16.6. The molecule has 0 radical (unpaired) electrons. The maximum atomic E-state index is 2.37. The SMILES string of the molecule is c1ccc(-c2ccc(N(c3ccccc3)c3ccc(-c4ccc(N(c5ccc(-c6ccccc6)cc5)c5ccc(-c6ccc7ccccc7c6)cc5)cc4-c4ccccc4)cc3)cc2)cc1. The number of nitrogens with zero attached hydrogens (tertiary/aromatic N) is 2. The standard InChI is InChI=1S/C64H46N2/c1-5-15-47(16-6-1)50-27-35-58(36-28-50)65(57-23-11-4-12-24-57)59-41-33-54(34-42-59)63-44-43-62(46-64(63)53-20-9-3-10-21-53)66(60-37-29-51(30-38-60)48-17-7-2-8-18-48)61-39-31-52(32-40-61)56-26-25-49-19-13-14-22-55(49)45-56/h1-46H. The largest absolute Gasteiger partial charge is 0.311 e. The first-order chi connectivity index (χ1) is 32.7. The average Bonchev–Trinajstić information content (AvgIpc) is 3.40. The summed E-state index contributed by atoms with van der Waals surface area (Å²) in [6.07, 6.45) is 0. The molecule has 0 spiro atoms. The lowest BCUT2D eigenvalue weighted by Crippen LogP contribution is -2.10. The first kappa shape index (κ1) is 40.1. The summed E-state index contributed by atoms with van der Waals surface area (Å²) in [5.74, 6) is 0. The van der Waals surface area contributed by atoms with Gasteiger partial charge in [-0.25, -0.2) is 0 Å². The molecule has 0 aliphatic heterocycles. The summed E-state index contributed by atoms with van der Waals surface area (Å²) < 4.78 is 0. The smallest absolute Gasteiger partial charge is 0.0468 e. The van der Waals surface area contributed by atoms with Gasteiger partial charge in [0.2, 0.25) is 0 Å². The highest BCUT2D eigenvalue weighted by molar-refractivity contribution is 5.91. The Morgan fingerprint density at radius 1 is 0.167 bits per heavy atom. The van der Waals surface area contributed by atoms with Crippen LogP contribution in [-0.2, 0) is 0 Å². The van der Waals surface area contributed by atoms with Crippen molar-refractivity contribution >= 4 is 44.9 Å². The molecule has 0 fully saturated rings. The second-order valence-corrected chi connectivity index (χ2v) is 16.6. The number of hydrogen-bond donors (Lipinski definition) is 0. The zero-order chi connectivity index (χ0) is 44.1. The number of hydrogen-bond acceptors (Lipinski definition) is 2. The van der Waals surface area contributed by atoms with Crippen molar-refractivity contribution in [2.45, 2.75) is 0 Å². The van der Waals surface area contributed by atoms with Crippen molar-refractivity contribution in [1.82, 2.24) is 0 Å². The third-order valence-electron chi connectivity index (χ3n) is 12.5. The van der Waals surface area contributed by atoms with Crippen molar-refractivity contribution in [3.63, 3.8) is 0 Å². The van der Waals surface area contributed by atoms with Crippen molar-refractivity contribution in [2.75, 3.05) is 9.80 Å². The fraction of sp³-hybridized carbons (Fsp3) is 0. The van der Waals surface area contributed by atoms with Crippen molar-refractivity contribution in [1.29, 1.82) is 0 Å². The van der Waals surface area contributed by atoms with Gasteiger partial charge in [0.15, 0.2) is 0 Å². The van der Waals surface area contributed by atoms with Crippen LogP contribution in [0.4, 0.5) is 34.1 Å². The zero-order valence-corrected chi connectivity index (χ0v) is 36.5. The first-order valence-electron chi connectivity index (χ1n) is 22.6. The maximum Gasteiger partial charge on any atom is 0.0468 e. The molecule has 0 heterocycles. The van der Waals surface area contributed by atoms with E-state index in [1.807, 2.05) is 0 Å². The Balaban J connectivity index is 0.981. The summed E-state index contributed by atoms with van der Waals surface area (Å²) >= 11 is 0. The van der Waals surface area contributed by atoms with Crippen LogP contribution >= 0.6 is 0 Å². The molecular formula is C64H46N2. The molecule has 11 aromatic carbocycles. The van der Waals surface area contributed by atoms with Crippen LogP contribution in [0, 0.1) is 0 Å². The summed E-state index contributed by atoms with van der Waals surface area (Å²) in [4.78, 5) is 4.70. The van der Waals surface area contributed by atoms with Crippen LogP contribution in [0.5, 0.6) is 0 Å². The molecule has 312 valence electrons. The molecule has 11 aromatic rings. The van der Waals surface area contributed by atoms with Gasteiger partial charge in [-0.3, -0.25) is 0 Å². The minimum Gasteiger partial charge on any atom is -0.311 e. The Morgan fingerprint density at radius 2 is 0.485 bits per heavy atom. The number of anilines is 6. The summed E-state index contributed by atoms with van der Waals surface area (Å²) in [5, 5.41) is 2.49. The lowest BCUT2D eigenvalue weighted by Gasteiger charge is -2.27. The van der Waals surface area contributed by atoms with Crippen molar-refractivity contribution in [2.24, 2.45) is 0 Å². The number of rotatable bonds is 11. The number of benzene rings is 11. The third kappa shape index (κ3) is 8.28. The molecule has 0 N–H and O–H groups in total. The lowest BCUT2D eigenvalue weighted by atomic mass is 9.93. The van der Waals surface area contributed by atoms with Crippen LogP contribution in [0.15, 0.2) is 279 Å². The molecule has 0 amide bonds. The molecule has 66 heavy (non-hydrogen) atoms. The summed E-state index contributed by atoms with van der Waals surface area (Å²) in [7, 11) is 0. The van der Waals surface area contributed by atoms with Gasteiger partial charge in [-0.05, 0) is 145 Å². The molecule has 11 rings (SSSR count). The monoisotopic (exact) mass is 842 g/mol. The highest BCUT2D eigenvalue weighted by Gasteiger charge is 2.19. The molecule has 2 heteroatoms. The Morgan fingerprint density at radius 3 is 0.985 bits per heavy atom. The molecule has 0 atom stereocenters. The summed E-state index contributed by atoms with van der Waals surface area (Å²) in [6.45, 7) is 0. The summed E-state index contributed by atoms with van der Waals surface area (Å²) in [5.41, 5.74) is 18.4. The van der Waals surface area contributed by atoms with E-state index >= 15 is 0 Å². The Labute approximate surface area is 387 Å². The summed E-state index contributed by atoms with van der Waals surface area (Å²) in [6, 6.07) is 100. The highest BCUT2D eigenvalue weighted by atomic mass is 15.1. The predicted molar refractivity (Wildman–Crippen MR) is 280 cm³/mol. The zero-order valence-electron chi connectivity index (χ0n) is 36.5. The van der Waals surface area contributed by atoms with Crippen molar-refractivity contribution in [3.05, 3.63) is 279 Å². The van der Waals surface area contributed by atoms with Gasteiger partial charge in [-0.1, -0.05) is 200 Å². The van der Waals surface area contributed by atoms with Gasteiger partial charge < -0.3 is 9.80 Å². The van der Waals surface area contributed by atoms with Gasteiger partial charge in [-0.15, -0.1) is 0 Å². The quantitative estimate of drug-likeness (QED) is 0.128. The van der Waals surface area contributed by atoms with Gasteiger partial charge in [0.1, 0.15) is 0 Å². The van der Waals surface area contributed by atoms with E-state index in [0.717, 1.165) is 50.8 Å². The Kier molecular flexibility index (Phi) is 11.0. The van der Waals surface area contributed by atoms with E-state index in [1.165, 1.54) is 49.7 Å². The number of fused-ring (bicyclic) bond motifs is 1. The maximum absolute atomic E-state index is 2.37. The Bertz CT molecular complexity index is 3350. The van der Waals surface area contributed by atoms with Crippen LogP contribution in [0.1, 0.15) is 0 Å². The first-order valence-corrected chi connectivity index (χ1v) is 22.6. The highest BCUT2D eigenvalue weighted by Crippen LogP contribution is 2.43. The van der Waals surface area contributed by atoms with Crippen molar-refractivity contribution < 1.29 is 0 Å². The number of para-hydroxylation sites is 1. The van der Waals surface area contributed by atoms with Gasteiger partial charge in [0.25, 0.3) is 0 Å². The fourth-order valence-corrected chi connectivity index (χ4v) is 9.08. The molecule has 2 nitrogen and oxygen atoms in total. The molecule has 0 bridgehead atoms. The predicted octanol–water partition coefficient (Wildman–Crippen LogP) is 18.1. The third-order valence-corrected chi connectivity index (χ3v) is 12.5. The topological polar surface area (TPSA) is 6.48 Å². The van der Waals surface area contributed by atoms with E-state index in [9.17, 15) is 0 Å². The molecule has 0 aliphatic carbocycles. The second kappa shape index (κ2) is 18.2. The fourth-order valence-electron chi connectivity index (χ4n) is 9.08. The van der Waals surface area contributed by atoms with Crippen LogP contribution < -0.4 is 9.80 Å². The van der Waals surface area contributed by atoms with E-state index in [0.29, 0.717) is 0 Å². The van der Waals surface area contributed by atoms with E-state index in [1.54, 1.807) is 0 Å². The molecule has 0 saturated heterocycles.